The van der Waals surface area contributed by atoms with E-state index in [2.05, 4.69) is 45.5 Å². The number of aliphatic hydroxyl groups is 1. The molecular weight excluding hydrogens is 348 g/mol. The van der Waals surface area contributed by atoms with Gasteiger partial charge in [-0.1, -0.05) is 18.2 Å². The lowest BCUT2D eigenvalue weighted by Crippen LogP contribution is -3.00. The highest BCUT2D eigenvalue weighted by atomic mass is 35.5. The number of fused-ring (bicyclic) bond motifs is 1. The molecule has 2 aliphatic rings. The van der Waals surface area contributed by atoms with Crippen LogP contribution in [0.2, 0.25) is 0 Å². The summed E-state index contributed by atoms with van der Waals surface area (Å²) in [6.07, 6.45) is 6.49. The van der Waals surface area contributed by atoms with Crippen molar-refractivity contribution in [1.29, 1.82) is 0 Å². The highest BCUT2D eigenvalue weighted by molar-refractivity contribution is 5.86. The summed E-state index contributed by atoms with van der Waals surface area (Å²) in [5, 5.41) is 11.7. The summed E-state index contributed by atoms with van der Waals surface area (Å²) >= 11 is 0. The number of benzene rings is 1. The molecule has 1 aromatic heterocycles. The number of anilines is 1. The van der Waals surface area contributed by atoms with E-state index < -0.39 is 0 Å². The second-order valence-electron chi connectivity index (χ2n) is 6.86. The van der Waals surface area contributed by atoms with Gasteiger partial charge in [-0.25, -0.2) is 9.97 Å². The Kier molecular flexibility index (Phi) is 5.91. The Morgan fingerprint density at radius 1 is 1.19 bits per heavy atom. The number of hydrogen-bond donors (Lipinski definition) is 2. The number of rotatable bonds is 4. The first-order valence-corrected chi connectivity index (χ1v) is 9.14. The van der Waals surface area contributed by atoms with Crippen molar-refractivity contribution in [2.45, 2.75) is 38.6 Å². The third-order valence-corrected chi connectivity index (χ3v) is 5.13. The van der Waals surface area contributed by atoms with Crippen molar-refractivity contribution >= 4 is 23.3 Å². The van der Waals surface area contributed by atoms with Gasteiger partial charge in [0.05, 0.1) is 0 Å². The van der Waals surface area contributed by atoms with E-state index in [0.29, 0.717) is 6.04 Å². The van der Waals surface area contributed by atoms with Crippen LogP contribution in [0.4, 0.5) is 11.5 Å². The molecule has 2 aromatic rings. The highest BCUT2D eigenvalue weighted by Gasteiger charge is 2.32. The van der Waals surface area contributed by atoms with Crippen molar-refractivity contribution in [3.63, 3.8) is 0 Å². The van der Waals surface area contributed by atoms with Gasteiger partial charge in [-0.3, -0.25) is 5.32 Å². The van der Waals surface area contributed by atoms with Crippen molar-refractivity contribution in [2.75, 3.05) is 18.1 Å². The summed E-state index contributed by atoms with van der Waals surface area (Å²) in [4.78, 5) is 11.9. The zero-order valence-corrected chi connectivity index (χ0v) is 15.8. The van der Waals surface area contributed by atoms with E-state index in [4.69, 9.17) is 4.98 Å². The average molecular weight is 373 g/mol. The summed E-state index contributed by atoms with van der Waals surface area (Å²) in [6, 6.07) is 10.8. The van der Waals surface area contributed by atoms with Gasteiger partial charge in [0.2, 0.25) is 5.69 Å². The Labute approximate surface area is 160 Å². The summed E-state index contributed by atoms with van der Waals surface area (Å²) in [5.41, 5.74) is 4.52. The van der Waals surface area contributed by atoms with Crippen LogP contribution in [-0.2, 0) is 0 Å². The van der Waals surface area contributed by atoms with E-state index >= 15 is 0 Å². The van der Waals surface area contributed by atoms with Gasteiger partial charge < -0.3 is 22.4 Å². The molecule has 1 atom stereocenters. The number of nitrogens with zero attached hydrogens (tertiary/aromatic N) is 3. The van der Waals surface area contributed by atoms with E-state index in [1.165, 1.54) is 24.1 Å². The molecule has 6 heteroatoms. The molecule has 0 bridgehead atoms. The third-order valence-electron chi connectivity index (χ3n) is 5.13. The molecule has 0 saturated carbocycles. The van der Waals surface area contributed by atoms with Crippen molar-refractivity contribution < 1.29 is 22.8 Å². The number of aromatic nitrogens is 2. The van der Waals surface area contributed by atoms with Crippen LogP contribution in [0.15, 0.2) is 30.3 Å². The average Bonchev–Trinajstić information content (AvgIpc) is 3.06. The van der Waals surface area contributed by atoms with E-state index in [-0.39, 0.29) is 19.0 Å². The minimum atomic E-state index is 0. The Hall–Kier alpha value is -1.95. The quantitative estimate of drug-likeness (QED) is 0.740. The molecule has 0 radical (unpaired) electrons. The summed E-state index contributed by atoms with van der Waals surface area (Å²) in [5.74, 6) is 1.84. The lowest BCUT2D eigenvalue weighted by atomic mass is 9.99. The predicted molar refractivity (Wildman–Crippen MR) is 99.4 cm³/mol. The molecule has 1 unspecified atom stereocenters. The van der Waals surface area contributed by atoms with Crippen LogP contribution < -0.4 is 22.6 Å². The molecule has 3 N–H and O–H groups in total. The van der Waals surface area contributed by atoms with Crippen molar-refractivity contribution in [2.24, 2.45) is 0 Å². The third kappa shape index (κ3) is 3.61. The number of hydrogen-bond acceptors (Lipinski definition) is 4. The largest absolute Gasteiger partial charge is 1.00 e. The fraction of sp³-hybridized carbons (Fsp3) is 0.400. The summed E-state index contributed by atoms with van der Waals surface area (Å²) in [7, 11) is 0. The number of aryl methyl sites for hydroxylation is 1. The topological polar surface area (TPSA) is 65.9 Å². The van der Waals surface area contributed by atoms with Crippen LogP contribution in [0.25, 0.3) is 11.8 Å². The van der Waals surface area contributed by atoms with Crippen LogP contribution in [0.1, 0.15) is 42.8 Å². The van der Waals surface area contributed by atoms with Gasteiger partial charge in [-0.05, 0) is 44.7 Å². The number of quaternary nitrogens is 1. The monoisotopic (exact) mass is 372 g/mol. The smallest absolute Gasteiger partial charge is 0.203 e. The second kappa shape index (κ2) is 8.16. The molecule has 138 valence electrons. The van der Waals surface area contributed by atoms with E-state index in [1.54, 1.807) is 0 Å². The zero-order chi connectivity index (χ0) is 17.2. The lowest BCUT2D eigenvalue weighted by Gasteiger charge is -2.36. The van der Waals surface area contributed by atoms with Gasteiger partial charge in [0, 0.05) is 30.8 Å². The molecule has 0 spiro atoms. The number of aliphatic hydroxyl groups excluding tert-OH is 1. The SMILES string of the molecule is Cc1nc2c(c(N3CCCCC3CCO)n1)[NH2+]C(c1ccccc1)=C2.[Cl-]. The standard InChI is InChI=1S/C20H24N4O.ClH/c1-14-21-18-13-17(15-7-3-2-4-8-15)23-19(18)20(22-14)24-11-6-5-9-16(24)10-12-25;/h2-4,7-8,13,16,23,25H,5-6,9-12H2,1H3;1H. The van der Waals surface area contributed by atoms with Crippen molar-refractivity contribution in [3.05, 3.63) is 47.4 Å². The van der Waals surface area contributed by atoms with Crippen LogP contribution in [0, 0.1) is 6.92 Å². The van der Waals surface area contributed by atoms with Crippen molar-refractivity contribution in [1.82, 2.24) is 9.97 Å². The summed E-state index contributed by atoms with van der Waals surface area (Å²) in [6.45, 7) is 3.19. The molecule has 1 fully saturated rings. The Morgan fingerprint density at radius 3 is 2.77 bits per heavy atom. The van der Waals surface area contributed by atoms with Gasteiger partial charge in [-0.15, -0.1) is 0 Å². The van der Waals surface area contributed by atoms with Crippen LogP contribution in [-0.4, -0.2) is 34.3 Å². The minimum absolute atomic E-state index is 0. The van der Waals surface area contributed by atoms with Gasteiger partial charge in [0.25, 0.3) is 0 Å². The van der Waals surface area contributed by atoms with E-state index in [1.807, 2.05) is 13.0 Å². The molecule has 0 aliphatic carbocycles. The normalized spacial score (nSPS) is 18.9. The Balaban J connectivity index is 0.00000196. The molecule has 1 saturated heterocycles. The van der Waals surface area contributed by atoms with Crippen molar-refractivity contribution in [3.8, 4) is 0 Å². The molecule has 4 rings (SSSR count). The van der Waals surface area contributed by atoms with Gasteiger partial charge in [0.1, 0.15) is 17.2 Å². The highest BCUT2D eigenvalue weighted by Crippen LogP contribution is 2.34. The summed E-state index contributed by atoms with van der Waals surface area (Å²) < 4.78 is 0. The lowest BCUT2D eigenvalue weighted by molar-refractivity contribution is -0.464. The molecule has 26 heavy (non-hydrogen) atoms. The predicted octanol–water partition coefficient (Wildman–Crippen LogP) is -0.763. The molecule has 0 amide bonds. The van der Waals surface area contributed by atoms with Crippen LogP contribution in [0.5, 0.6) is 0 Å². The maximum absolute atomic E-state index is 9.44. The van der Waals surface area contributed by atoms with Crippen LogP contribution >= 0.6 is 0 Å². The first-order chi connectivity index (χ1) is 12.3. The maximum atomic E-state index is 9.44. The van der Waals surface area contributed by atoms with Gasteiger partial charge >= 0.3 is 0 Å². The van der Waals surface area contributed by atoms with Gasteiger partial charge in [0.15, 0.2) is 5.82 Å². The molecule has 2 aliphatic heterocycles. The number of piperidine rings is 1. The maximum Gasteiger partial charge on any atom is 0.203 e. The second-order valence-corrected chi connectivity index (χ2v) is 6.86. The molecule has 5 nitrogen and oxygen atoms in total. The fourth-order valence-electron chi connectivity index (χ4n) is 3.93. The zero-order valence-electron chi connectivity index (χ0n) is 15.0. The van der Waals surface area contributed by atoms with E-state index in [0.717, 1.165) is 42.4 Å². The molecule has 1 aromatic carbocycles. The first kappa shape index (κ1) is 18.8. The molecule has 3 heterocycles. The Morgan fingerprint density at radius 2 is 2.00 bits per heavy atom. The number of nitrogens with two attached hydrogens (primary N) is 1. The van der Waals surface area contributed by atoms with Gasteiger partial charge in [-0.2, -0.15) is 0 Å². The fourth-order valence-corrected chi connectivity index (χ4v) is 3.93. The number of halogens is 1. The minimum Gasteiger partial charge on any atom is -1.00 e. The first-order valence-electron chi connectivity index (χ1n) is 9.14. The Bertz CT molecular complexity index is 792. The van der Waals surface area contributed by atoms with Crippen LogP contribution in [0.3, 0.4) is 0 Å². The van der Waals surface area contributed by atoms with E-state index in [9.17, 15) is 5.11 Å². The molecular formula is C20H25ClN4O.